The molecular weight excluding hydrogens is 168 g/mol. The van der Waals surface area contributed by atoms with Crippen molar-refractivity contribution in [3.05, 3.63) is 17.5 Å². The lowest BCUT2D eigenvalue weighted by Crippen LogP contribution is -2.06. The maximum atomic E-state index is 11.2. The molecule has 0 saturated heterocycles. The molecule has 4 heteroatoms. The van der Waals surface area contributed by atoms with Gasteiger partial charge < -0.3 is 4.74 Å². The minimum absolute atomic E-state index is 0.354. The summed E-state index contributed by atoms with van der Waals surface area (Å²) in [5.74, 6) is 0.147. The lowest BCUT2D eigenvalue weighted by molar-refractivity contribution is 0.0592. The molecule has 0 amide bonds. The number of H-pyrrole nitrogens is 1. The number of nitrogens with zero attached hydrogens (tertiary/aromatic N) is 1. The number of nitrogens with one attached hydrogen (secondary N) is 1. The first kappa shape index (κ1) is 9.77. The van der Waals surface area contributed by atoms with Crippen molar-refractivity contribution in [3.8, 4) is 0 Å². The SMILES string of the molecule is COC(=O)c1[nH]ncc1CC(C)C. The van der Waals surface area contributed by atoms with Crippen molar-refractivity contribution < 1.29 is 9.53 Å². The molecule has 0 aliphatic heterocycles. The summed E-state index contributed by atoms with van der Waals surface area (Å²) in [6.45, 7) is 4.18. The predicted octanol–water partition coefficient (Wildman–Crippen LogP) is 1.39. The second-order valence-corrected chi connectivity index (χ2v) is 3.36. The lowest BCUT2D eigenvalue weighted by atomic mass is 10.0. The van der Waals surface area contributed by atoms with Gasteiger partial charge >= 0.3 is 5.97 Å². The fraction of sp³-hybridized carbons (Fsp3) is 0.556. The summed E-state index contributed by atoms with van der Waals surface area (Å²) in [4.78, 5) is 11.2. The molecule has 4 nitrogen and oxygen atoms in total. The van der Waals surface area contributed by atoms with E-state index in [0.717, 1.165) is 12.0 Å². The minimum Gasteiger partial charge on any atom is -0.464 e. The number of carbonyl (C=O) groups is 1. The Morgan fingerprint density at radius 2 is 2.38 bits per heavy atom. The first-order valence-electron chi connectivity index (χ1n) is 4.25. The number of methoxy groups -OCH3 is 1. The third-order valence-corrected chi connectivity index (χ3v) is 1.74. The number of hydrogen-bond donors (Lipinski definition) is 1. The van der Waals surface area contributed by atoms with Gasteiger partial charge in [0.25, 0.3) is 0 Å². The highest BCUT2D eigenvalue weighted by atomic mass is 16.5. The van der Waals surface area contributed by atoms with Gasteiger partial charge in [-0.2, -0.15) is 5.10 Å². The van der Waals surface area contributed by atoms with Crippen LogP contribution in [0.15, 0.2) is 6.20 Å². The summed E-state index contributed by atoms with van der Waals surface area (Å²) in [5, 5.41) is 6.46. The largest absolute Gasteiger partial charge is 0.464 e. The van der Waals surface area contributed by atoms with E-state index < -0.39 is 0 Å². The lowest BCUT2D eigenvalue weighted by Gasteiger charge is -2.03. The Hall–Kier alpha value is -1.32. The van der Waals surface area contributed by atoms with Gasteiger partial charge in [-0.3, -0.25) is 5.10 Å². The molecule has 72 valence electrons. The molecular formula is C9H14N2O2. The average Bonchev–Trinajstić information content (AvgIpc) is 2.50. The van der Waals surface area contributed by atoms with Gasteiger partial charge in [-0.05, 0) is 12.3 Å². The van der Waals surface area contributed by atoms with E-state index in [-0.39, 0.29) is 5.97 Å². The molecule has 1 rings (SSSR count). The quantitative estimate of drug-likeness (QED) is 0.719. The summed E-state index contributed by atoms with van der Waals surface area (Å²) in [6, 6.07) is 0. The van der Waals surface area contributed by atoms with Gasteiger partial charge in [-0.15, -0.1) is 0 Å². The van der Waals surface area contributed by atoms with Crippen molar-refractivity contribution in [1.82, 2.24) is 10.2 Å². The van der Waals surface area contributed by atoms with Crippen LogP contribution in [0.1, 0.15) is 29.9 Å². The topological polar surface area (TPSA) is 55.0 Å². The molecule has 1 aromatic rings. The van der Waals surface area contributed by atoms with Gasteiger partial charge in [-0.1, -0.05) is 13.8 Å². The van der Waals surface area contributed by atoms with Crippen molar-refractivity contribution in [2.45, 2.75) is 20.3 Å². The van der Waals surface area contributed by atoms with E-state index in [0.29, 0.717) is 11.6 Å². The maximum Gasteiger partial charge on any atom is 0.356 e. The third-order valence-electron chi connectivity index (χ3n) is 1.74. The predicted molar refractivity (Wildman–Crippen MR) is 48.5 cm³/mol. The van der Waals surface area contributed by atoms with Crippen molar-refractivity contribution >= 4 is 5.97 Å². The molecule has 0 radical (unpaired) electrons. The smallest absolute Gasteiger partial charge is 0.356 e. The van der Waals surface area contributed by atoms with Gasteiger partial charge in [-0.25, -0.2) is 4.79 Å². The van der Waals surface area contributed by atoms with Gasteiger partial charge in [0, 0.05) is 5.56 Å². The van der Waals surface area contributed by atoms with E-state index in [4.69, 9.17) is 0 Å². The van der Waals surface area contributed by atoms with Gasteiger partial charge in [0.15, 0.2) is 0 Å². The van der Waals surface area contributed by atoms with E-state index in [1.807, 2.05) is 0 Å². The van der Waals surface area contributed by atoms with E-state index >= 15 is 0 Å². The van der Waals surface area contributed by atoms with Crippen LogP contribution in [0.25, 0.3) is 0 Å². The Morgan fingerprint density at radius 3 is 2.92 bits per heavy atom. The van der Waals surface area contributed by atoms with Crippen LogP contribution in [0.2, 0.25) is 0 Å². The molecule has 13 heavy (non-hydrogen) atoms. The molecule has 0 aromatic carbocycles. The molecule has 1 heterocycles. The Balaban J connectivity index is 2.83. The second-order valence-electron chi connectivity index (χ2n) is 3.36. The number of carbonyl (C=O) groups excluding carboxylic acids is 1. The zero-order chi connectivity index (χ0) is 9.84. The van der Waals surface area contributed by atoms with E-state index in [2.05, 4.69) is 28.8 Å². The van der Waals surface area contributed by atoms with E-state index in [1.165, 1.54) is 7.11 Å². The summed E-state index contributed by atoms with van der Waals surface area (Å²) >= 11 is 0. The number of aromatic amines is 1. The molecule has 0 aliphatic rings. The van der Waals surface area contributed by atoms with Crippen molar-refractivity contribution in [3.63, 3.8) is 0 Å². The standard InChI is InChI=1S/C9H14N2O2/c1-6(2)4-7-5-10-11-8(7)9(12)13-3/h5-6H,4H2,1-3H3,(H,10,11). The zero-order valence-corrected chi connectivity index (χ0v) is 8.13. The van der Waals surface area contributed by atoms with Crippen LogP contribution in [0, 0.1) is 5.92 Å². The summed E-state index contributed by atoms with van der Waals surface area (Å²) in [6.07, 6.45) is 2.51. The zero-order valence-electron chi connectivity index (χ0n) is 8.13. The Kier molecular flexibility index (Phi) is 3.06. The van der Waals surface area contributed by atoms with Crippen LogP contribution in [0.5, 0.6) is 0 Å². The maximum absolute atomic E-state index is 11.2. The summed E-state index contributed by atoms with van der Waals surface area (Å²) in [7, 11) is 1.36. The number of ether oxygens (including phenoxy) is 1. The van der Waals surface area contributed by atoms with Crippen molar-refractivity contribution in [2.24, 2.45) is 5.92 Å². The fourth-order valence-electron chi connectivity index (χ4n) is 1.18. The van der Waals surface area contributed by atoms with Crippen molar-refractivity contribution in [1.29, 1.82) is 0 Å². The molecule has 0 saturated carbocycles. The Labute approximate surface area is 77.3 Å². The Morgan fingerprint density at radius 1 is 1.69 bits per heavy atom. The molecule has 0 unspecified atom stereocenters. The fourth-order valence-corrected chi connectivity index (χ4v) is 1.18. The highest BCUT2D eigenvalue weighted by Gasteiger charge is 2.14. The van der Waals surface area contributed by atoms with Crippen molar-refractivity contribution in [2.75, 3.05) is 7.11 Å². The molecule has 0 aliphatic carbocycles. The first-order chi connectivity index (χ1) is 6.15. The van der Waals surface area contributed by atoms with Crippen LogP contribution in [0.4, 0.5) is 0 Å². The van der Waals surface area contributed by atoms with Gasteiger partial charge in [0.05, 0.1) is 13.3 Å². The van der Waals surface area contributed by atoms with E-state index in [9.17, 15) is 4.79 Å². The highest BCUT2D eigenvalue weighted by Crippen LogP contribution is 2.11. The minimum atomic E-state index is -0.354. The highest BCUT2D eigenvalue weighted by molar-refractivity contribution is 5.88. The van der Waals surface area contributed by atoms with Gasteiger partial charge in [0.2, 0.25) is 0 Å². The molecule has 0 fully saturated rings. The van der Waals surface area contributed by atoms with E-state index in [1.54, 1.807) is 6.20 Å². The first-order valence-corrected chi connectivity index (χ1v) is 4.25. The van der Waals surface area contributed by atoms with Crippen LogP contribution in [-0.4, -0.2) is 23.3 Å². The number of rotatable bonds is 3. The normalized spacial score (nSPS) is 10.5. The number of aromatic nitrogens is 2. The monoisotopic (exact) mass is 182 g/mol. The van der Waals surface area contributed by atoms with Crippen LogP contribution in [-0.2, 0) is 11.2 Å². The summed E-state index contributed by atoms with van der Waals surface area (Å²) in [5.41, 5.74) is 1.39. The second kappa shape index (κ2) is 4.07. The molecule has 0 bridgehead atoms. The molecule has 1 aromatic heterocycles. The molecule has 0 spiro atoms. The van der Waals surface area contributed by atoms with Gasteiger partial charge in [0.1, 0.15) is 5.69 Å². The summed E-state index contributed by atoms with van der Waals surface area (Å²) < 4.78 is 4.61. The Bertz CT molecular complexity index is 292. The average molecular weight is 182 g/mol. The number of hydrogen-bond acceptors (Lipinski definition) is 3. The third kappa shape index (κ3) is 2.31. The molecule has 1 N–H and O–H groups in total. The van der Waals surface area contributed by atoms with Crippen LogP contribution >= 0.6 is 0 Å². The van der Waals surface area contributed by atoms with Crippen LogP contribution in [0.3, 0.4) is 0 Å². The molecule has 0 atom stereocenters. The van der Waals surface area contributed by atoms with Crippen LogP contribution < -0.4 is 0 Å². The number of esters is 1.